The van der Waals surface area contributed by atoms with Crippen molar-refractivity contribution in [3.63, 3.8) is 0 Å². The molecule has 0 bridgehead atoms. The highest BCUT2D eigenvalue weighted by Gasteiger charge is 2.41. The lowest BCUT2D eigenvalue weighted by Gasteiger charge is -2.33. The number of halogens is 1. The fourth-order valence-corrected chi connectivity index (χ4v) is 2.90. The summed E-state index contributed by atoms with van der Waals surface area (Å²) < 4.78 is 18.9. The van der Waals surface area contributed by atoms with Crippen molar-refractivity contribution in [3.05, 3.63) is 35.1 Å². The Hall–Kier alpha value is -1.42. The lowest BCUT2D eigenvalue weighted by molar-refractivity contribution is -0.145. The Morgan fingerprint density at radius 3 is 2.58 bits per heavy atom. The largest absolute Gasteiger partial charge is 0.481 e. The summed E-state index contributed by atoms with van der Waals surface area (Å²) in [5, 5.41) is 9.56. The van der Waals surface area contributed by atoms with Crippen LogP contribution in [0.1, 0.15) is 43.2 Å². The van der Waals surface area contributed by atoms with E-state index in [4.69, 9.17) is 4.74 Å². The third-order valence-electron chi connectivity index (χ3n) is 4.02. The summed E-state index contributed by atoms with van der Waals surface area (Å²) in [5.74, 6) is -1.23. The molecule has 1 aromatic carbocycles. The molecule has 1 fully saturated rings. The normalized spacial score (nSPS) is 18.2. The number of carboxylic acids is 1. The molecule has 3 nitrogen and oxygen atoms in total. The summed E-state index contributed by atoms with van der Waals surface area (Å²) in [6.45, 7) is 0.201. The maximum absolute atomic E-state index is 14.0. The predicted octanol–water partition coefficient (Wildman–Crippen LogP) is 3.26. The number of methoxy groups -OCH3 is 1. The zero-order valence-electron chi connectivity index (χ0n) is 11.1. The molecule has 4 heteroatoms. The van der Waals surface area contributed by atoms with Crippen molar-refractivity contribution in [2.75, 3.05) is 7.11 Å². The van der Waals surface area contributed by atoms with Crippen molar-refractivity contribution >= 4 is 5.97 Å². The van der Waals surface area contributed by atoms with Crippen LogP contribution in [0.2, 0.25) is 0 Å². The molecule has 0 aromatic heterocycles. The highest BCUT2D eigenvalue weighted by Crippen LogP contribution is 2.40. The van der Waals surface area contributed by atoms with E-state index >= 15 is 0 Å². The number of aliphatic carboxylic acids is 1. The standard InChI is InChI=1S/C15H19FO3/c1-19-10-11-5-6-12(9-13(11)16)15(14(17)18)7-3-2-4-8-15/h5-6,9H,2-4,7-8,10H2,1H3,(H,17,18). The zero-order valence-corrected chi connectivity index (χ0v) is 11.1. The molecule has 0 spiro atoms. The summed E-state index contributed by atoms with van der Waals surface area (Å²) in [6, 6.07) is 4.73. The summed E-state index contributed by atoms with van der Waals surface area (Å²) >= 11 is 0. The molecule has 1 aliphatic carbocycles. The molecule has 1 saturated carbocycles. The van der Waals surface area contributed by atoms with Crippen LogP contribution in [0.5, 0.6) is 0 Å². The monoisotopic (exact) mass is 266 g/mol. The molecule has 0 amide bonds. The molecular formula is C15H19FO3. The number of hydrogen-bond acceptors (Lipinski definition) is 2. The summed E-state index contributed by atoms with van der Waals surface area (Å²) in [7, 11) is 1.51. The van der Waals surface area contributed by atoms with Gasteiger partial charge in [-0.3, -0.25) is 4.79 Å². The highest BCUT2D eigenvalue weighted by atomic mass is 19.1. The van der Waals surface area contributed by atoms with Crippen LogP contribution in [0.25, 0.3) is 0 Å². The van der Waals surface area contributed by atoms with E-state index in [2.05, 4.69) is 0 Å². The summed E-state index contributed by atoms with van der Waals surface area (Å²) in [6.07, 6.45) is 4.00. The fourth-order valence-electron chi connectivity index (χ4n) is 2.90. The van der Waals surface area contributed by atoms with Crippen LogP contribution in [0.3, 0.4) is 0 Å². The van der Waals surface area contributed by atoms with Gasteiger partial charge in [0, 0.05) is 12.7 Å². The van der Waals surface area contributed by atoms with Crippen LogP contribution in [0.4, 0.5) is 4.39 Å². The molecular weight excluding hydrogens is 247 g/mol. The smallest absolute Gasteiger partial charge is 0.314 e. The Balaban J connectivity index is 2.37. The molecule has 1 aliphatic rings. The average molecular weight is 266 g/mol. The number of hydrogen-bond donors (Lipinski definition) is 1. The van der Waals surface area contributed by atoms with E-state index in [-0.39, 0.29) is 12.4 Å². The summed E-state index contributed by atoms with van der Waals surface area (Å²) in [5.41, 5.74) is 0.129. The molecule has 0 atom stereocenters. The van der Waals surface area contributed by atoms with E-state index in [9.17, 15) is 14.3 Å². The minimum atomic E-state index is -0.912. The second kappa shape index (κ2) is 5.70. The number of rotatable bonds is 4. The minimum absolute atomic E-state index is 0.201. The van der Waals surface area contributed by atoms with Gasteiger partial charge in [0.2, 0.25) is 0 Å². The van der Waals surface area contributed by atoms with Crippen molar-refractivity contribution < 1.29 is 19.0 Å². The van der Waals surface area contributed by atoms with E-state index in [0.29, 0.717) is 24.0 Å². The quantitative estimate of drug-likeness (QED) is 0.909. The first-order chi connectivity index (χ1) is 9.10. The molecule has 104 valence electrons. The predicted molar refractivity (Wildman–Crippen MR) is 69.5 cm³/mol. The first kappa shape index (κ1) is 14.0. The van der Waals surface area contributed by atoms with Gasteiger partial charge in [-0.1, -0.05) is 31.4 Å². The van der Waals surface area contributed by atoms with Gasteiger partial charge in [-0.2, -0.15) is 0 Å². The van der Waals surface area contributed by atoms with E-state index < -0.39 is 11.4 Å². The zero-order chi connectivity index (χ0) is 13.9. The SMILES string of the molecule is COCc1ccc(C2(C(=O)O)CCCCC2)cc1F. The first-order valence-electron chi connectivity index (χ1n) is 6.61. The topological polar surface area (TPSA) is 46.5 Å². The van der Waals surface area contributed by atoms with Gasteiger partial charge in [0.1, 0.15) is 5.82 Å². The number of carboxylic acid groups (broad SMARTS) is 1. The molecule has 0 radical (unpaired) electrons. The van der Waals surface area contributed by atoms with Crippen LogP contribution in [-0.4, -0.2) is 18.2 Å². The summed E-state index contributed by atoms with van der Waals surface area (Å²) in [4.78, 5) is 11.7. The van der Waals surface area contributed by atoms with Gasteiger partial charge in [-0.05, 0) is 24.5 Å². The van der Waals surface area contributed by atoms with Crippen molar-refractivity contribution in [3.8, 4) is 0 Å². The highest BCUT2D eigenvalue weighted by molar-refractivity contribution is 5.81. The Bertz CT molecular complexity index is 464. The van der Waals surface area contributed by atoms with Crippen LogP contribution in [0.15, 0.2) is 18.2 Å². The lowest BCUT2D eigenvalue weighted by atomic mass is 9.69. The number of ether oxygens (including phenoxy) is 1. The molecule has 2 rings (SSSR count). The van der Waals surface area contributed by atoms with Crippen LogP contribution in [0, 0.1) is 5.82 Å². The molecule has 0 saturated heterocycles. The van der Waals surface area contributed by atoms with Crippen molar-refractivity contribution in [1.82, 2.24) is 0 Å². The molecule has 1 aromatic rings. The number of benzene rings is 1. The maximum Gasteiger partial charge on any atom is 0.314 e. The van der Waals surface area contributed by atoms with Gasteiger partial charge in [0.05, 0.1) is 12.0 Å². The van der Waals surface area contributed by atoms with Gasteiger partial charge in [-0.15, -0.1) is 0 Å². The second-order valence-corrected chi connectivity index (χ2v) is 5.19. The number of carbonyl (C=O) groups is 1. The molecule has 0 heterocycles. The average Bonchev–Trinajstić information content (AvgIpc) is 2.42. The minimum Gasteiger partial charge on any atom is -0.481 e. The molecule has 0 aliphatic heterocycles. The Labute approximate surface area is 112 Å². The maximum atomic E-state index is 14.0. The second-order valence-electron chi connectivity index (χ2n) is 5.19. The van der Waals surface area contributed by atoms with Gasteiger partial charge < -0.3 is 9.84 Å². The van der Waals surface area contributed by atoms with Crippen molar-refractivity contribution in [1.29, 1.82) is 0 Å². The van der Waals surface area contributed by atoms with Gasteiger partial charge >= 0.3 is 5.97 Å². The van der Waals surface area contributed by atoms with E-state index in [1.165, 1.54) is 13.2 Å². The Morgan fingerprint density at radius 1 is 1.37 bits per heavy atom. The van der Waals surface area contributed by atoms with E-state index in [0.717, 1.165) is 19.3 Å². The van der Waals surface area contributed by atoms with Crippen LogP contribution >= 0.6 is 0 Å². The molecule has 19 heavy (non-hydrogen) atoms. The van der Waals surface area contributed by atoms with Crippen LogP contribution < -0.4 is 0 Å². The van der Waals surface area contributed by atoms with E-state index in [1.807, 2.05) is 0 Å². The van der Waals surface area contributed by atoms with E-state index in [1.54, 1.807) is 12.1 Å². The van der Waals surface area contributed by atoms with Crippen molar-refractivity contribution in [2.24, 2.45) is 0 Å². The Morgan fingerprint density at radius 2 is 2.05 bits per heavy atom. The van der Waals surface area contributed by atoms with Gasteiger partial charge in [0.25, 0.3) is 0 Å². The van der Waals surface area contributed by atoms with Gasteiger partial charge in [0.15, 0.2) is 0 Å². The third-order valence-corrected chi connectivity index (χ3v) is 4.02. The Kier molecular flexibility index (Phi) is 4.20. The molecule has 0 unspecified atom stereocenters. The molecule has 1 N–H and O–H groups in total. The fraction of sp³-hybridized carbons (Fsp3) is 0.533. The van der Waals surface area contributed by atoms with Crippen molar-refractivity contribution in [2.45, 2.75) is 44.1 Å². The van der Waals surface area contributed by atoms with Crippen LogP contribution in [-0.2, 0) is 21.6 Å². The van der Waals surface area contributed by atoms with Gasteiger partial charge in [-0.25, -0.2) is 4.39 Å². The first-order valence-corrected chi connectivity index (χ1v) is 6.61. The lowest BCUT2D eigenvalue weighted by Crippen LogP contribution is -2.37. The third kappa shape index (κ3) is 2.63.